The summed E-state index contributed by atoms with van der Waals surface area (Å²) in [6.45, 7) is 8.14. The topological polar surface area (TPSA) is 63.5 Å². The van der Waals surface area contributed by atoms with E-state index >= 15 is 0 Å². The van der Waals surface area contributed by atoms with Gasteiger partial charge in [0.15, 0.2) is 0 Å². The predicted octanol–water partition coefficient (Wildman–Crippen LogP) is 3.63. The molecule has 0 aliphatic carbocycles. The molecule has 0 radical (unpaired) electrons. The highest BCUT2D eigenvalue weighted by atomic mass is 16.6. The Morgan fingerprint density at radius 1 is 1.15 bits per heavy atom. The van der Waals surface area contributed by atoms with Crippen LogP contribution in [0.15, 0.2) is 24.3 Å². The lowest BCUT2D eigenvalue weighted by Crippen LogP contribution is -2.44. The van der Waals surface area contributed by atoms with Gasteiger partial charge in [0.1, 0.15) is 0 Å². The van der Waals surface area contributed by atoms with E-state index in [4.69, 9.17) is 0 Å². The van der Waals surface area contributed by atoms with E-state index in [0.29, 0.717) is 5.56 Å². The van der Waals surface area contributed by atoms with Crippen molar-refractivity contribution in [2.24, 2.45) is 0 Å². The third-order valence-corrected chi connectivity index (χ3v) is 3.69. The third-order valence-electron chi connectivity index (χ3n) is 3.69. The first-order valence-electron chi connectivity index (χ1n) is 6.99. The van der Waals surface area contributed by atoms with Crippen LogP contribution in [0.5, 0.6) is 0 Å². The summed E-state index contributed by atoms with van der Waals surface area (Å²) >= 11 is 0. The number of hydrogen-bond acceptors (Lipinski definition) is 3. The maximum absolute atomic E-state index is 12.6. The van der Waals surface area contributed by atoms with Crippen molar-refractivity contribution in [3.05, 3.63) is 39.9 Å². The second-order valence-electron chi connectivity index (χ2n) is 5.03. The molecule has 1 aromatic rings. The summed E-state index contributed by atoms with van der Waals surface area (Å²) in [4.78, 5) is 24.6. The summed E-state index contributed by atoms with van der Waals surface area (Å²) in [5, 5.41) is 10.6. The van der Waals surface area contributed by atoms with Crippen LogP contribution in [0.3, 0.4) is 0 Å². The summed E-state index contributed by atoms with van der Waals surface area (Å²) in [6.07, 6.45) is 1.76. The van der Waals surface area contributed by atoms with E-state index < -0.39 is 4.92 Å². The van der Waals surface area contributed by atoms with E-state index in [1.807, 2.05) is 32.6 Å². The van der Waals surface area contributed by atoms with E-state index in [2.05, 4.69) is 0 Å². The SMILES string of the molecule is CC[C@@H](C)N(C(=O)c1ccc([N+](=O)[O-])cc1)[C@H](C)CC. The fraction of sp³-hybridized carbons (Fsp3) is 0.533. The van der Waals surface area contributed by atoms with E-state index in [-0.39, 0.29) is 23.7 Å². The Morgan fingerprint density at radius 3 is 1.95 bits per heavy atom. The van der Waals surface area contributed by atoms with Gasteiger partial charge in [-0.25, -0.2) is 0 Å². The minimum absolute atomic E-state index is 0.000167. The van der Waals surface area contributed by atoms with E-state index in [1.165, 1.54) is 24.3 Å². The van der Waals surface area contributed by atoms with Gasteiger partial charge in [0.05, 0.1) is 4.92 Å². The highest BCUT2D eigenvalue weighted by Gasteiger charge is 2.24. The molecule has 0 unspecified atom stereocenters. The van der Waals surface area contributed by atoms with Crippen LogP contribution in [-0.2, 0) is 0 Å². The zero-order valence-corrected chi connectivity index (χ0v) is 12.5. The lowest BCUT2D eigenvalue weighted by Gasteiger charge is -2.34. The second kappa shape index (κ2) is 7.03. The smallest absolute Gasteiger partial charge is 0.269 e. The molecule has 110 valence electrons. The number of carbonyl (C=O) groups excluding carboxylic acids is 1. The number of nitro benzene ring substituents is 1. The lowest BCUT2D eigenvalue weighted by atomic mass is 10.1. The van der Waals surface area contributed by atoms with Crippen LogP contribution in [-0.4, -0.2) is 27.8 Å². The first-order valence-corrected chi connectivity index (χ1v) is 6.99. The summed E-state index contributed by atoms with van der Waals surface area (Å²) in [5.74, 6) is -0.0661. The molecular weight excluding hydrogens is 256 g/mol. The Labute approximate surface area is 119 Å². The molecule has 0 heterocycles. The van der Waals surface area contributed by atoms with Crippen molar-refractivity contribution in [2.75, 3.05) is 0 Å². The maximum atomic E-state index is 12.6. The van der Waals surface area contributed by atoms with Crippen LogP contribution in [0, 0.1) is 10.1 Å². The summed E-state index contributed by atoms with van der Waals surface area (Å²) < 4.78 is 0. The predicted molar refractivity (Wildman–Crippen MR) is 78.8 cm³/mol. The minimum atomic E-state index is -0.463. The summed E-state index contributed by atoms with van der Waals surface area (Å²) in [5.41, 5.74) is 0.497. The maximum Gasteiger partial charge on any atom is 0.269 e. The lowest BCUT2D eigenvalue weighted by molar-refractivity contribution is -0.384. The third kappa shape index (κ3) is 3.56. The van der Waals surface area contributed by atoms with Gasteiger partial charge in [-0.2, -0.15) is 0 Å². The van der Waals surface area contributed by atoms with Gasteiger partial charge < -0.3 is 4.90 Å². The first-order chi connectivity index (χ1) is 9.42. The Bertz CT molecular complexity index is 461. The summed E-state index contributed by atoms with van der Waals surface area (Å²) in [6, 6.07) is 6.09. The van der Waals surface area contributed by atoms with Crippen molar-refractivity contribution in [1.82, 2.24) is 4.90 Å². The molecule has 0 aliphatic heterocycles. The van der Waals surface area contributed by atoms with Gasteiger partial charge in [-0.1, -0.05) is 13.8 Å². The molecule has 5 heteroatoms. The number of amides is 1. The van der Waals surface area contributed by atoms with Gasteiger partial charge >= 0.3 is 0 Å². The van der Waals surface area contributed by atoms with Crippen molar-refractivity contribution >= 4 is 11.6 Å². The molecule has 0 aliphatic rings. The molecule has 0 aromatic heterocycles. The molecule has 2 atom stereocenters. The van der Waals surface area contributed by atoms with Crippen molar-refractivity contribution in [3.63, 3.8) is 0 Å². The van der Waals surface area contributed by atoms with E-state index in [0.717, 1.165) is 12.8 Å². The molecule has 5 nitrogen and oxygen atoms in total. The summed E-state index contributed by atoms with van der Waals surface area (Å²) in [7, 11) is 0. The molecule has 20 heavy (non-hydrogen) atoms. The first kappa shape index (κ1) is 16.1. The Hall–Kier alpha value is -1.91. The minimum Gasteiger partial charge on any atom is -0.333 e. The molecule has 0 spiro atoms. The molecule has 0 fully saturated rings. The Kier molecular flexibility index (Phi) is 5.67. The standard InChI is InChI=1S/C15H22N2O3/c1-5-11(3)16(12(4)6-2)15(18)13-7-9-14(10-8-13)17(19)20/h7-12H,5-6H2,1-4H3/t11-,12-/m1/s1. The molecule has 0 N–H and O–H groups in total. The zero-order valence-electron chi connectivity index (χ0n) is 12.5. The van der Waals surface area contributed by atoms with E-state index in [9.17, 15) is 14.9 Å². The van der Waals surface area contributed by atoms with Crippen LogP contribution in [0.1, 0.15) is 50.9 Å². The zero-order chi connectivity index (χ0) is 15.3. The second-order valence-corrected chi connectivity index (χ2v) is 5.03. The van der Waals surface area contributed by atoms with Crippen molar-refractivity contribution < 1.29 is 9.72 Å². The van der Waals surface area contributed by atoms with Crippen LogP contribution in [0.25, 0.3) is 0 Å². The average Bonchev–Trinajstić information content (AvgIpc) is 2.46. The largest absolute Gasteiger partial charge is 0.333 e. The fourth-order valence-electron chi connectivity index (χ4n) is 2.10. The van der Waals surface area contributed by atoms with Gasteiger partial charge in [-0.05, 0) is 38.8 Å². The highest BCUT2D eigenvalue weighted by Crippen LogP contribution is 2.18. The molecule has 1 amide bonds. The molecule has 0 bridgehead atoms. The number of nitro groups is 1. The van der Waals surface area contributed by atoms with Gasteiger partial charge in [-0.3, -0.25) is 14.9 Å². The number of rotatable bonds is 6. The van der Waals surface area contributed by atoms with Crippen LogP contribution in [0.4, 0.5) is 5.69 Å². The Balaban J connectivity index is 3.02. The normalized spacial score (nSPS) is 13.6. The van der Waals surface area contributed by atoms with Gasteiger partial charge in [0.2, 0.25) is 0 Å². The molecular formula is C15H22N2O3. The van der Waals surface area contributed by atoms with Crippen LogP contribution < -0.4 is 0 Å². The average molecular weight is 278 g/mol. The van der Waals surface area contributed by atoms with Crippen molar-refractivity contribution in [1.29, 1.82) is 0 Å². The molecule has 1 rings (SSSR count). The van der Waals surface area contributed by atoms with Gasteiger partial charge in [0.25, 0.3) is 11.6 Å². The number of hydrogen-bond donors (Lipinski definition) is 0. The molecule has 0 saturated carbocycles. The monoisotopic (exact) mass is 278 g/mol. The van der Waals surface area contributed by atoms with Crippen LogP contribution >= 0.6 is 0 Å². The van der Waals surface area contributed by atoms with Crippen molar-refractivity contribution in [3.8, 4) is 0 Å². The van der Waals surface area contributed by atoms with Gasteiger partial charge in [0, 0.05) is 29.8 Å². The molecule has 1 aromatic carbocycles. The van der Waals surface area contributed by atoms with E-state index in [1.54, 1.807) is 0 Å². The van der Waals surface area contributed by atoms with Gasteiger partial charge in [-0.15, -0.1) is 0 Å². The number of carbonyl (C=O) groups is 1. The fourth-order valence-corrected chi connectivity index (χ4v) is 2.10. The highest BCUT2D eigenvalue weighted by molar-refractivity contribution is 5.94. The van der Waals surface area contributed by atoms with Crippen LogP contribution in [0.2, 0.25) is 0 Å². The quantitative estimate of drug-likeness (QED) is 0.589. The number of non-ortho nitro benzene ring substituents is 1. The number of benzene rings is 1. The molecule has 0 saturated heterocycles. The Morgan fingerprint density at radius 2 is 1.60 bits per heavy atom. The van der Waals surface area contributed by atoms with Crippen molar-refractivity contribution in [2.45, 2.75) is 52.6 Å². The number of nitrogens with zero attached hydrogens (tertiary/aromatic N) is 2.